The molecule has 2 aromatic heterocycles. The molecule has 2 atom stereocenters. The molecule has 2 saturated heterocycles. The maximum atomic E-state index is 15.0. The standard InChI is InChI=1S/C38H43F3N4O5S/c1-4-11-31-37(50-28-24-26(2)51-25-28,17-10-21-45(31)34(48)33-30(38(39,40)41)15-9-20-43-33)35(49)44-22-18-36(42-3,19-23-44)29-14-7-5-12-27(29)13-6-8-16-32(46)47/h5,7,9,12,14-15,20,24-25,31H,4,6,8,10-11,13,16-19,21-23H2,1-2H3,(H,46,47)/t31-,37+/m1/s1. The Morgan fingerprint density at radius 1 is 1.10 bits per heavy atom. The second kappa shape index (κ2) is 15.8. The predicted octanol–water partition coefficient (Wildman–Crippen LogP) is 7.93. The van der Waals surface area contributed by atoms with Crippen LogP contribution in [-0.4, -0.2) is 69.0 Å². The number of amides is 2. The molecule has 3 aromatic rings. The summed E-state index contributed by atoms with van der Waals surface area (Å²) in [5, 5.41) is 10.8. The van der Waals surface area contributed by atoms with Gasteiger partial charge in [0.25, 0.3) is 17.4 Å². The number of rotatable bonds is 12. The van der Waals surface area contributed by atoms with E-state index in [-0.39, 0.29) is 38.4 Å². The minimum absolute atomic E-state index is 0.0787. The fraction of sp³-hybridized carbons (Fsp3) is 0.500. The number of hydrogen-bond acceptors (Lipinski definition) is 6. The van der Waals surface area contributed by atoms with E-state index >= 15 is 0 Å². The van der Waals surface area contributed by atoms with Gasteiger partial charge in [0.15, 0.2) is 0 Å². The molecule has 13 heteroatoms. The summed E-state index contributed by atoms with van der Waals surface area (Å²) < 4.78 is 48.8. The molecule has 272 valence electrons. The van der Waals surface area contributed by atoms with Crippen molar-refractivity contribution in [2.45, 2.75) is 101 Å². The van der Waals surface area contributed by atoms with Crippen LogP contribution in [0.2, 0.25) is 0 Å². The number of benzene rings is 1. The van der Waals surface area contributed by atoms with Crippen LogP contribution < -0.4 is 4.74 Å². The number of aryl methyl sites for hydroxylation is 2. The lowest BCUT2D eigenvalue weighted by atomic mass is 9.76. The number of carboxylic acids is 1. The molecule has 2 fully saturated rings. The van der Waals surface area contributed by atoms with Gasteiger partial charge in [-0.25, -0.2) is 6.57 Å². The van der Waals surface area contributed by atoms with Crippen molar-refractivity contribution >= 4 is 29.1 Å². The molecule has 0 spiro atoms. The van der Waals surface area contributed by atoms with Crippen LogP contribution in [0.3, 0.4) is 0 Å². The van der Waals surface area contributed by atoms with E-state index in [2.05, 4.69) is 9.83 Å². The maximum absolute atomic E-state index is 15.0. The van der Waals surface area contributed by atoms with Crippen molar-refractivity contribution in [2.75, 3.05) is 19.6 Å². The largest absolute Gasteiger partial charge is 0.481 e. The monoisotopic (exact) mass is 724 g/mol. The van der Waals surface area contributed by atoms with Crippen LogP contribution in [0.25, 0.3) is 4.85 Å². The van der Waals surface area contributed by atoms with Crippen LogP contribution in [0.1, 0.15) is 96.8 Å². The number of thiophene rings is 1. The Hall–Kier alpha value is -4.44. The lowest BCUT2D eigenvalue weighted by Gasteiger charge is -2.50. The lowest BCUT2D eigenvalue weighted by Crippen LogP contribution is -2.68. The highest BCUT2D eigenvalue weighted by Crippen LogP contribution is 2.43. The third-order valence-electron chi connectivity index (χ3n) is 10.1. The molecular weight excluding hydrogens is 682 g/mol. The first-order valence-corrected chi connectivity index (χ1v) is 18.3. The molecule has 5 rings (SSSR count). The SMILES string of the molecule is [C-]#[N+]C1(c2ccccc2CCCCC(=O)O)CCN(C(=O)[C@]2(Oc3csc(C)c3)CCCN(C(=O)c3ncccc3C(F)(F)F)[C@@H]2CCC)CC1. The number of halogens is 3. The molecule has 0 saturated carbocycles. The highest BCUT2D eigenvalue weighted by atomic mass is 32.1. The number of unbranched alkanes of at least 4 members (excludes halogenated alkanes) is 1. The molecule has 0 unspecified atom stereocenters. The third kappa shape index (κ3) is 8.06. The average molecular weight is 725 g/mol. The zero-order valence-electron chi connectivity index (χ0n) is 28.9. The van der Waals surface area contributed by atoms with Crippen molar-refractivity contribution in [3.05, 3.63) is 92.7 Å². The molecule has 0 bridgehead atoms. The summed E-state index contributed by atoms with van der Waals surface area (Å²) in [6.07, 6.45) is 0.403. The highest BCUT2D eigenvalue weighted by molar-refractivity contribution is 7.10. The summed E-state index contributed by atoms with van der Waals surface area (Å²) in [5.74, 6) is -1.63. The summed E-state index contributed by atoms with van der Waals surface area (Å²) in [5.41, 5.74) is -2.42. The zero-order valence-corrected chi connectivity index (χ0v) is 29.7. The van der Waals surface area contributed by atoms with E-state index in [1.165, 1.54) is 16.2 Å². The molecule has 4 heterocycles. The molecule has 51 heavy (non-hydrogen) atoms. The van der Waals surface area contributed by atoms with Crippen LogP contribution >= 0.6 is 11.3 Å². The van der Waals surface area contributed by atoms with E-state index in [0.29, 0.717) is 57.1 Å². The van der Waals surface area contributed by atoms with Crippen molar-refractivity contribution < 1.29 is 37.4 Å². The van der Waals surface area contributed by atoms with Crippen molar-refractivity contribution in [2.24, 2.45) is 0 Å². The third-order valence-corrected chi connectivity index (χ3v) is 10.9. The van der Waals surface area contributed by atoms with E-state index in [1.807, 2.05) is 44.2 Å². The second-order valence-corrected chi connectivity index (χ2v) is 14.5. The molecule has 1 N–H and O–H groups in total. The van der Waals surface area contributed by atoms with Crippen molar-refractivity contribution in [3.8, 4) is 5.75 Å². The number of likely N-dealkylation sites (tertiary alicyclic amines) is 2. The van der Waals surface area contributed by atoms with Gasteiger partial charge in [-0.1, -0.05) is 37.6 Å². The summed E-state index contributed by atoms with van der Waals surface area (Å²) in [6, 6.07) is 10.6. The number of alkyl halides is 3. The minimum Gasteiger partial charge on any atom is -0.481 e. The number of carbonyl (C=O) groups excluding carboxylic acids is 2. The number of aromatic nitrogens is 1. The van der Waals surface area contributed by atoms with Crippen LogP contribution in [0.5, 0.6) is 5.75 Å². The van der Waals surface area contributed by atoms with E-state index in [1.54, 1.807) is 10.3 Å². The van der Waals surface area contributed by atoms with Crippen LogP contribution in [-0.2, 0) is 27.7 Å². The van der Waals surface area contributed by atoms with Gasteiger partial charge < -0.3 is 24.5 Å². The fourth-order valence-corrected chi connectivity index (χ4v) is 8.20. The molecular formula is C38H43F3N4O5S. The van der Waals surface area contributed by atoms with Gasteiger partial charge in [0.1, 0.15) is 11.4 Å². The Labute approximate surface area is 300 Å². The first-order valence-electron chi connectivity index (χ1n) is 17.4. The van der Waals surface area contributed by atoms with Gasteiger partial charge in [-0.15, -0.1) is 11.3 Å². The molecule has 9 nitrogen and oxygen atoms in total. The summed E-state index contributed by atoms with van der Waals surface area (Å²) in [4.78, 5) is 52.1. The summed E-state index contributed by atoms with van der Waals surface area (Å²) >= 11 is 1.44. The Morgan fingerprint density at radius 2 is 1.84 bits per heavy atom. The first kappa shape index (κ1) is 37.8. The highest BCUT2D eigenvalue weighted by Gasteiger charge is 2.57. The van der Waals surface area contributed by atoms with Crippen LogP contribution in [0, 0.1) is 13.5 Å². The van der Waals surface area contributed by atoms with E-state index in [4.69, 9.17) is 16.4 Å². The average Bonchev–Trinajstić information content (AvgIpc) is 3.53. The fourth-order valence-electron chi connectivity index (χ4n) is 7.60. The molecule has 2 aliphatic rings. The topological polar surface area (TPSA) is 104 Å². The van der Waals surface area contributed by atoms with Gasteiger partial charge >= 0.3 is 12.1 Å². The Bertz CT molecular complexity index is 1760. The normalized spacial score (nSPS) is 20.4. The number of pyridine rings is 1. The summed E-state index contributed by atoms with van der Waals surface area (Å²) in [7, 11) is 0. The number of aliphatic carboxylic acids is 1. The molecule has 1 aromatic carbocycles. The van der Waals surface area contributed by atoms with Gasteiger partial charge in [0.2, 0.25) is 5.60 Å². The van der Waals surface area contributed by atoms with Crippen LogP contribution in [0.15, 0.2) is 54.0 Å². The lowest BCUT2D eigenvalue weighted by molar-refractivity contribution is -0.160. The molecule has 2 amide bonds. The van der Waals surface area contributed by atoms with Crippen molar-refractivity contribution in [1.29, 1.82) is 0 Å². The Morgan fingerprint density at radius 3 is 2.49 bits per heavy atom. The van der Waals surface area contributed by atoms with Crippen molar-refractivity contribution in [3.63, 3.8) is 0 Å². The van der Waals surface area contributed by atoms with Crippen molar-refractivity contribution in [1.82, 2.24) is 14.8 Å². The number of hydrogen-bond donors (Lipinski definition) is 1. The number of piperidine rings is 2. The first-order chi connectivity index (χ1) is 24.3. The van der Waals surface area contributed by atoms with E-state index in [9.17, 15) is 27.6 Å². The molecule has 0 aliphatic carbocycles. The summed E-state index contributed by atoms with van der Waals surface area (Å²) in [6.45, 7) is 12.7. The quantitative estimate of drug-likeness (QED) is 0.150. The molecule has 2 aliphatic heterocycles. The number of carboxylic acid groups (broad SMARTS) is 1. The maximum Gasteiger partial charge on any atom is 0.418 e. The van der Waals surface area contributed by atoms with Gasteiger partial charge in [0.05, 0.1) is 11.6 Å². The van der Waals surface area contributed by atoms with Crippen LogP contribution in [0.4, 0.5) is 13.2 Å². The number of nitrogens with zero attached hydrogens (tertiary/aromatic N) is 4. The number of ether oxygens (including phenoxy) is 1. The molecule has 0 radical (unpaired) electrons. The Kier molecular flexibility index (Phi) is 11.7. The zero-order chi connectivity index (χ0) is 36.8. The van der Waals surface area contributed by atoms with Gasteiger partial charge in [-0.2, -0.15) is 13.2 Å². The minimum atomic E-state index is -4.80. The van der Waals surface area contributed by atoms with Gasteiger partial charge in [-0.3, -0.25) is 19.4 Å². The van der Waals surface area contributed by atoms with E-state index in [0.717, 1.165) is 34.3 Å². The second-order valence-electron chi connectivity index (χ2n) is 13.4. The predicted molar refractivity (Wildman–Crippen MR) is 186 cm³/mol. The van der Waals surface area contributed by atoms with E-state index < -0.39 is 46.5 Å². The Balaban J connectivity index is 1.46. The smallest absolute Gasteiger partial charge is 0.418 e. The van der Waals surface area contributed by atoms with Gasteiger partial charge in [-0.05, 0) is 62.8 Å². The number of carbonyl (C=O) groups is 3. The van der Waals surface area contributed by atoms with Gasteiger partial charge in [0, 0.05) is 67.3 Å².